The van der Waals surface area contributed by atoms with E-state index >= 15 is 0 Å². The summed E-state index contributed by atoms with van der Waals surface area (Å²) in [6, 6.07) is 1.89. The maximum Gasteiger partial charge on any atom is 0.225 e. The fraction of sp³-hybridized carbons (Fsp3) is 0.500. The van der Waals surface area contributed by atoms with Crippen LogP contribution in [0.5, 0.6) is 0 Å². The number of amides is 1. The van der Waals surface area contributed by atoms with Gasteiger partial charge in [-0.1, -0.05) is 0 Å². The number of hydrogen-bond donors (Lipinski definition) is 2. The lowest BCUT2D eigenvalue weighted by atomic mass is 10.00. The van der Waals surface area contributed by atoms with Crippen LogP contribution in [0, 0.1) is 0 Å². The van der Waals surface area contributed by atoms with Crippen LogP contribution in [0.25, 0.3) is 0 Å². The molecule has 1 heterocycles. The summed E-state index contributed by atoms with van der Waals surface area (Å²) in [5, 5.41) is 5.63. The standard InChI is InChI=1S/C10H15BrN2OS/c1-10(2,12)4-3-8(14)13-9-5-7(11)6-15-9/h5-6H,3-4,12H2,1-2H3,(H,13,14). The van der Waals surface area contributed by atoms with Gasteiger partial charge in [-0.05, 0) is 42.3 Å². The molecule has 0 aliphatic rings. The van der Waals surface area contributed by atoms with Gasteiger partial charge < -0.3 is 11.1 Å². The molecule has 0 aliphatic heterocycles. The summed E-state index contributed by atoms with van der Waals surface area (Å²) in [4.78, 5) is 11.5. The van der Waals surface area contributed by atoms with E-state index < -0.39 is 0 Å². The largest absolute Gasteiger partial charge is 0.326 e. The number of halogens is 1. The molecule has 1 aromatic rings. The number of hydrogen-bond acceptors (Lipinski definition) is 3. The molecule has 0 aliphatic carbocycles. The Morgan fingerprint density at radius 3 is 2.80 bits per heavy atom. The van der Waals surface area contributed by atoms with E-state index in [4.69, 9.17) is 5.73 Å². The normalized spacial score (nSPS) is 11.5. The highest BCUT2D eigenvalue weighted by atomic mass is 79.9. The van der Waals surface area contributed by atoms with E-state index in [1.165, 1.54) is 11.3 Å². The van der Waals surface area contributed by atoms with Gasteiger partial charge in [0, 0.05) is 21.8 Å². The summed E-state index contributed by atoms with van der Waals surface area (Å²) in [6.07, 6.45) is 1.14. The third kappa shape index (κ3) is 5.30. The van der Waals surface area contributed by atoms with E-state index in [0.29, 0.717) is 12.8 Å². The number of carbonyl (C=O) groups is 1. The van der Waals surface area contributed by atoms with Crippen molar-refractivity contribution in [2.24, 2.45) is 5.73 Å². The summed E-state index contributed by atoms with van der Waals surface area (Å²) < 4.78 is 0.988. The molecule has 0 spiro atoms. The molecule has 0 saturated carbocycles. The number of nitrogens with one attached hydrogen (secondary N) is 1. The molecular formula is C10H15BrN2OS. The van der Waals surface area contributed by atoms with Crippen molar-refractivity contribution in [3.63, 3.8) is 0 Å². The lowest BCUT2D eigenvalue weighted by molar-refractivity contribution is -0.116. The van der Waals surface area contributed by atoms with Gasteiger partial charge in [0.05, 0.1) is 5.00 Å². The van der Waals surface area contributed by atoms with Crippen LogP contribution in [0.2, 0.25) is 0 Å². The van der Waals surface area contributed by atoms with Gasteiger partial charge >= 0.3 is 0 Å². The molecule has 0 bridgehead atoms. The molecule has 84 valence electrons. The fourth-order valence-electron chi connectivity index (χ4n) is 1.01. The Bertz CT molecular complexity index is 343. The molecule has 15 heavy (non-hydrogen) atoms. The lowest BCUT2D eigenvalue weighted by Crippen LogP contribution is -2.33. The second-order valence-electron chi connectivity index (χ2n) is 4.17. The molecule has 0 aromatic carbocycles. The van der Waals surface area contributed by atoms with E-state index in [1.807, 2.05) is 25.3 Å². The second kappa shape index (κ2) is 5.09. The number of nitrogens with two attached hydrogens (primary N) is 1. The van der Waals surface area contributed by atoms with Gasteiger partial charge in [-0.25, -0.2) is 0 Å². The van der Waals surface area contributed by atoms with Crippen molar-refractivity contribution in [2.45, 2.75) is 32.2 Å². The third-order valence-electron chi connectivity index (χ3n) is 1.83. The van der Waals surface area contributed by atoms with Crippen molar-refractivity contribution in [2.75, 3.05) is 5.32 Å². The zero-order chi connectivity index (χ0) is 11.5. The van der Waals surface area contributed by atoms with Crippen molar-refractivity contribution in [1.29, 1.82) is 0 Å². The maximum absolute atomic E-state index is 11.5. The van der Waals surface area contributed by atoms with E-state index in [9.17, 15) is 4.79 Å². The Labute approximate surface area is 102 Å². The first kappa shape index (κ1) is 12.7. The van der Waals surface area contributed by atoms with E-state index in [1.54, 1.807) is 0 Å². The number of thiophene rings is 1. The van der Waals surface area contributed by atoms with Crippen molar-refractivity contribution in [1.82, 2.24) is 0 Å². The van der Waals surface area contributed by atoms with Crippen molar-refractivity contribution >= 4 is 38.2 Å². The molecule has 0 saturated heterocycles. The highest BCUT2D eigenvalue weighted by Gasteiger charge is 2.13. The van der Waals surface area contributed by atoms with Crippen LogP contribution in [-0.2, 0) is 4.79 Å². The molecule has 3 N–H and O–H groups in total. The molecule has 1 aromatic heterocycles. The average molecular weight is 291 g/mol. The first-order chi connectivity index (χ1) is 6.87. The Morgan fingerprint density at radius 1 is 1.67 bits per heavy atom. The summed E-state index contributed by atoms with van der Waals surface area (Å²) >= 11 is 4.83. The molecule has 0 atom stereocenters. The van der Waals surface area contributed by atoms with Gasteiger partial charge in [0.25, 0.3) is 0 Å². The van der Waals surface area contributed by atoms with E-state index in [2.05, 4.69) is 21.2 Å². The molecule has 3 nitrogen and oxygen atoms in total. The predicted molar refractivity (Wildman–Crippen MR) is 68.1 cm³/mol. The summed E-state index contributed by atoms with van der Waals surface area (Å²) in [6.45, 7) is 3.84. The molecule has 1 rings (SSSR count). The van der Waals surface area contributed by atoms with Gasteiger partial charge in [-0.2, -0.15) is 0 Å². The minimum atomic E-state index is -0.284. The smallest absolute Gasteiger partial charge is 0.225 e. The van der Waals surface area contributed by atoms with Crippen LogP contribution >= 0.6 is 27.3 Å². The monoisotopic (exact) mass is 290 g/mol. The first-order valence-electron chi connectivity index (χ1n) is 4.69. The summed E-state index contributed by atoms with van der Waals surface area (Å²) in [7, 11) is 0. The maximum atomic E-state index is 11.5. The molecular weight excluding hydrogens is 276 g/mol. The molecule has 0 radical (unpaired) electrons. The minimum Gasteiger partial charge on any atom is -0.326 e. The van der Waals surface area contributed by atoms with Crippen molar-refractivity contribution in [3.8, 4) is 0 Å². The van der Waals surface area contributed by atoms with Gasteiger partial charge in [0.1, 0.15) is 0 Å². The van der Waals surface area contributed by atoms with Gasteiger partial charge in [0.2, 0.25) is 5.91 Å². The third-order valence-corrected chi connectivity index (χ3v) is 3.43. The number of carbonyl (C=O) groups excluding carboxylic acids is 1. The van der Waals surface area contributed by atoms with Crippen molar-refractivity contribution in [3.05, 3.63) is 15.9 Å². The predicted octanol–water partition coefficient (Wildman–Crippen LogP) is 2.97. The van der Waals surface area contributed by atoms with Crippen LogP contribution in [0.3, 0.4) is 0 Å². The quantitative estimate of drug-likeness (QED) is 0.896. The number of rotatable bonds is 4. The Morgan fingerprint density at radius 2 is 2.33 bits per heavy atom. The van der Waals surface area contributed by atoms with Crippen LogP contribution in [0.4, 0.5) is 5.00 Å². The van der Waals surface area contributed by atoms with E-state index in [-0.39, 0.29) is 11.4 Å². The molecule has 0 unspecified atom stereocenters. The lowest BCUT2D eigenvalue weighted by Gasteiger charge is -2.17. The zero-order valence-corrected chi connectivity index (χ0v) is 11.2. The van der Waals surface area contributed by atoms with Crippen molar-refractivity contribution < 1.29 is 4.79 Å². The average Bonchev–Trinajstić information content (AvgIpc) is 2.47. The highest BCUT2D eigenvalue weighted by Crippen LogP contribution is 2.24. The SMILES string of the molecule is CC(C)(N)CCC(=O)Nc1cc(Br)cs1. The molecule has 5 heteroatoms. The summed E-state index contributed by atoms with van der Waals surface area (Å²) in [5.74, 6) is 0.0166. The topological polar surface area (TPSA) is 55.1 Å². The van der Waals surface area contributed by atoms with Gasteiger partial charge in [-0.15, -0.1) is 11.3 Å². The van der Waals surface area contributed by atoms with Crippen LogP contribution < -0.4 is 11.1 Å². The highest BCUT2D eigenvalue weighted by molar-refractivity contribution is 9.10. The van der Waals surface area contributed by atoms with Crippen LogP contribution in [-0.4, -0.2) is 11.4 Å². The zero-order valence-electron chi connectivity index (χ0n) is 8.84. The Balaban J connectivity index is 2.37. The molecule has 1 amide bonds. The number of anilines is 1. The van der Waals surface area contributed by atoms with E-state index in [0.717, 1.165) is 9.47 Å². The molecule has 0 fully saturated rings. The van der Waals surface area contributed by atoms with Gasteiger partial charge in [0.15, 0.2) is 0 Å². The first-order valence-corrected chi connectivity index (χ1v) is 6.37. The second-order valence-corrected chi connectivity index (χ2v) is 5.99. The Hall–Kier alpha value is -0.390. The fourth-order valence-corrected chi connectivity index (χ4v) is 2.35. The van der Waals surface area contributed by atoms with Crippen LogP contribution in [0.15, 0.2) is 15.9 Å². The van der Waals surface area contributed by atoms with Crippen LogP contribution in [0.1, 0.15) is 26.7 Å². The van der Waals surface area contributed by atoms with Gasteiger partial charge in [-0.3, -0.25) is 4.79 Å². The summed E-state index contributed by atoms with van der Waals surface area (Å²) in [5.41, 5.74) is 5.51. The minimum absolute atomic E-state index is 0.0166. The Kier molecular flexibility index (Phi) is 4.31.